The van der Waals surface area contributed by atoms with Crippen LogP contribution >= 0.6 is 0 Å². The molecule has 0 aliphatic carbocycles. The molecule has 3 aromatic rings. The first kappa shape index (κ1) is 24.7. The Hall–Kier alpha value is -3.39. The van der Waals surface area contributed by atoms with Crippen LogP contribution in [0.4, 0.5) is 5.69 Å². The van der Waals surface area contributed by atoms with Crippen LogP contribution < -0.4 is 21.3 Å². The fourth-order valence-corrected chi connectivity index (χ4v) is 4.93. The van der Waals surface area contributed by atoms with Gasteiger partial charge in [-0.25, -0.2) is 0 Å². The van der Waals surface area contributed by atoms with Crippen molar-refractivity contribution < 1.29 is 4.79 Å². The maximum atomic E-state index is 12.5. The number of carbonyl (C=O) groups excluding carboxylic acids is 1. The number of fused-ring (bicyclic) bond motifs is 1. The highest BCUT2D eigenvalue weighted by Crippen LogP contribution is 2.21. The van der Waals surface area contributed by atoms with Crippen LogP contribution in [-0.2, 0) is 18.4 Å². The van der Waals surface area contributed by atoms with Crippen molar-refractivity contribution >= 4 is 22.6 Å². The van der Waals surface area contributed by atoms with Crippen molar-refractivity contribution in [3.63, 3.8) is 0 Å². The number of anilines is 1. The maximum absolute atomic E-state index is 12.5. The van der Waals surface area contributed by atoms with Crippen LogP contribution in [0.25, 0.3) is 11.0 Å². The lowest BCUT2D eigenvalue weighted by Gasteiger charge is -2.41. The number of para-hydroxylation sites is 2. The Bertz CT molecular complexity index is 1310. The summed E-state index contributed by atoms with van der Waals surface area (Å²) < 4.78 is 2.77. The van der Waals surface area contributed by atoms with E-state index in [-0.39, 0.29) is 18.9 Å². The number of hydrogen-bond acceptors (Lipinski definition) is 5. The van der Waals surface area contributed by atoms with E-state index in [0.29, 0.717) is 23.6 Å². The van der Waals surface area contributed by atoms with Gasteiger partial charge < -0.3 is 19.4 Å². The van der Waals surface area contributed by atoms with Crippen molar-refractivity contribution in [2.24, 2.45) is 7.05 Å². The molecule has 35 heavy (non-hydrogen) atoms. The van der Waals surface area contributed by atoms with Crippen LogP contribution in [0.1, 0.15) is 25.3 Å². The molecule has 1 atom stereocenters. The van der Waals surface area contributed by atoms with Crippen LogP contribution in [0.5, 0.6) is 0 Å². The first-order valence-corrected chi connectivity index (χ1v) is 12.4. The topological polar surface area (TPSA) is 79.6 Å². The Morgan fingerprint density at radius 2 is 1.77 bits per heavy atom. The van der Waals surface area contributed by atoms with Gasteiger partial charge in [0.1, 0.15) is 0 Å². The predicted octanol–water partition coefficient (Wildman–Crippen LogP) is 2.12. The van der Waals surface area contributed by atoms with Crippen LogP contribution in [0, 0.1) is 6.92 Å². The van der Waals surface area contributed by atoms with Crippen molar-refractivity contribution in [2.45, 2.75) is 39.3 Å². The van der Waals surface area contributed by atoms with Gasteiger partial charge in [-0.1, -0.05) is 24.3 Å². The number of carbonyl (C=O) groups is 1. The predicted molar refractivity (Wildman–Crippen MR) is 140 cm³/mol. The van der Waals surface area contributed by atoms with Crippen LogP contribution in [-0.4, -0.2) is 58.7 Å². The Labute approximate surface area is 205 Å². The molecule has 2 aromatic carbocycles. The summed E-state index contributed by atoms with van der Waals surface area (Å²) in [4.78, 5) is 42.1. The summed E-state index contributed by atoms with van der Waals surface area (Å²) in [5, 5.41) is 2.96. The molecule has 1 unspecified atom stereocenters. The van der Waals surface area contributed by atoms with Gasteiger partial charge in [-0.3, -0.25) is 19.3 Å². The summed E-state index contributed by atoms with van der Waals surface area (Å²) >= 11 is 0. The number of benzene rings is 2. The molecule has 0 saturated carbocycles. The van der Waals surface area contributed by atoms with E-state index in [1.165, 1.54) is 20.4 Å². The lowest BCUT2D eigenvalue weighted by atomic mass is 10.1. The van der Waals surface area contributed by atoms with E-state index in [1.54, 1.807) is 19.2 Å². The maximum Gasteiger partial charge on any atom is 0.316 e. The molecule has 8 nitrogen and oxygen atoms in total. The quantitative estimate of drug-likeness (QED) is 0.397. The Morgan fingerprint density at radius 3 is 2.51 bits per heavy atom. The zero-order valence-corrected chi connectivity index (χ0v) is 20.9. The second kappa shape index (κ2) is 10.9. The molecule has 2 heterocycles. The van der Waals surface area contributed by atoms with Gasteiger partial charge in [0.05, 0.1) is 11.0 Å². The third-order valence-corrected chi connectivity index (χ3v) is 6.85. The third kappa shape index (κ3) is 5.65. The molecule has 0 radical (unpaired) electrons. The number of aromatic nitrogens is 2. The zero-order chi connectivity index (χ0) is 24.9. The minimum absolute atomic E-state index is 0.112. The molecule has 0 bridgehead atoms. The average Bonchev–Trinajstić information content (AvgIpc) is 2.85. The summed E-state index contributed by atoms with van der Waals surface area (Å²) in [6.45, 7) is 9.10. The molecular weight excluding hydrogens is 442 g/mol. The Kier molecular flexibility index (Phi) is 7.70. The van der Waals surface area contributed by atoms with Gasteiger partial charge in [0.15, 0.2) is 0 Å². The molecular formula is C27H35N5O3. The lowest BCUT2D eigenvalue weighted by molar-refractivity contribution is -0.121. The largest absolute Gasteiger partial charge is 0.366 e. The van der Waals surface area contributed by atoms with Crippen LogP contribution in [0.3, 0.4) is 0 Å². The number of rotatable bonds is 8. The summed E-state index contributed by atoms with van der Waals surface area (Å²) in [5.41, 5.74) is 2.72. The van der Waals surface area contributed by atoms with Crippen molar-refractivity contribution in [1.29, 1.82) is 0 Å². The van der Waals surface area contributed by atoms with Gasteiger partial charge in [0.2, 0.25) is 5.91 Å². The van der Waals surface area contributed by atoms with E-state index in [0.717, 1.165) is 32.6 Å². The molecule has 4 rings (SSSR count). The molecule has 1 aliphatic heterocycles. The SMILES string of the molecule is Cc1cccc(N2CCN(CCCNC(=O)CCn3c(=O)c(=O)n(C)c4ccccc43)CC2C)c1. The standard InChI is InChI=1S/C27H35N5O3/c1-20-8-6-9-22(18-20)31-17-16-30(19-21(31)2)14-7-13-28-25(33)12-15-32-24-11-5-4-10-23(24)29(3)26(34)27(32)35/h4-6,8-11,18,21H,7,12-17,19H2,1-3H3,(H,28,33). The summed E-state index contributed by atoms with van der Waals surface area (Å²) in [6.07, 6.45) is 1.03. The monoisotopic (exact) mass is 477 g/mol. The number of amides is 1. The first-order valence-electron chi connectivity index (χ1n) is 12.4. The van der Waals surface area contributed by atoms with Crippen LogP contribution in [0.15, 0.2) is 58.1 Å². The Morgan fingerprint density at radius 1 is 1.00 bits per heavy atom. The van der Waals surface area contributed by atoms with E-state index in [2.05, 4.69) is 53.2 Å². The molecule has 1 amide bonds. The number of nitrogens with one attached hydrogen (secondary N) is 1. The molecule has 1 aromatic heterocycles. The molecule has 1 fully saturated rings. The highest BCUT2D eigenvalue weighted by Gasteiger charge is 2.23. The summed E-state index contributed by atoms with van der Waals surface area (Å²) in [5.74, 6) is -0.112. The minimum atomic E-state index is -0.599. The fraction of sp³-hybridized carbons (Fsp3) is 0.444. The highest BCUT2D eigenvalue weighted by molar-refractivity contribution is 5.77. The molecule has 0 spiro atoms. The van der Waals surface area contributed by atoms with Crippen LogP contribution in [0.2, 0.25) is 0 Å². The number of hydrogen-bond donors (Lipinski definition) is 1. The van der Waals surface area contributed by atoms with Crippen molar-refractivity contribution in [3.8, 4) is 0 Å². The Balaban J connectivity index is 1.23. The summed E-state index contributed by atoms with van der Waals surface area (Å²) in [7, 11) is 1.59. The minimum Gasteiger partial charge on any atom is -0.366 e. The van der Waals surface area contributed by atoms with Gasteiger partial charge in [-0.2, -0.15) is 0 Å². The van der Waals surface area contributed by atoms with Gasteiger partial charge >= 0.3 is 11.1 Å². The van der Waals surface area contributed by atoms with Crippen molar-refractivity contribution in [3.05, 3.63) is 74.8 Å². The van der Waals surface area contributed by atoms with Crippen molar-refractivity contribution in [1.82, 2.24) is 19.4 Å². The molecule has 1 saturated heterocycles. The number of piperazine rings is 1. The van der Waals surface area contributed by atoms with E-state index in [4.69, 9.17) is 0 Å². The highest BCUT2D eigenvalue weighted by atomic mass is 16.2. The average molecular weight is 478 g/mol. The molecule has 1 aliphatic rings. The second-order valence-electron chi connectivity index (χ2n) is 9.45. The molecule has 1 N–H and O–H groups in total. The number of aryl methyl sites for hydroxylation is 3. The van der Waals surface area contributed by atoms with E-state index >= 15 is 0 Å². The zero-order valence-electron chi connectivity index (χ0n) is 20.9. The fourth-order valence-electron chi connectivity index (χ4n) is 4.93. The lowest BCUT2D eigenvalue weighted by Crippen LogP contribution is -2.52. The smallest absolute Gasteiger partial charge is 0.316 e. The molecule has 186 valence electrons. The normalized spacial score (nSPS) is 16.5. The number of nitrogens with zero attached hydrogens (tertiary/aromatic N) is 4. The first-order chi connectivity index (χ1) is 16.8. The molecule has 8 heteroatoms. The van der Waals surface area contributed by atoms with Gasteiger partial charge in [0.25, 0.3) is 0 Å². The van der Waals surface area contributed by atoms with Gasteiger partial charge in [-0.15, -0.1) is 0 Å². The van der Waals surface area contributed by atoms with Gasteiger partial charge in [-0.05, 0) is 56.6 Å². The van der Waals surface area contributed by atoms with E-state index < -0.39 is 11.1 Å². The van der Waals surface area contributed by atoms with E-state index in [1.807, 2.05) is 12.1 Å². The van der Waals surface area contributed by atoms with Crippen molar-refractivity contribution in [2.75, 3.05) is 37.6 Å². The van der Waals surface area contributed by atoms with Gasteiger partial charge in [0, 0.05) is 57.9 Å². The third-order valence-electron chi connectivity index (χ3n) is 6.85. The van der Waals surface area contributed by atoms with E-state index in [9.17, 15) is 14.4 Å². The second-order valence-corrected chi connectivity index (χ2v) is 9.45. The summed E-state index contributed by atoms with van der Waals surface area (Å²) in [6, 6.07) is 16.3.